The molecule has 4 nitrogen and oxygen atoms in total. The molecule has 0 radical (unpaired) electrons. The Kier molecular flexibility index (Phi) is 3.94. The number of nitrogens with two attached hydrogens (primary N) is 2. The van der Waals surface area contributed by atoms with Gasteiger partial charge in [0.15, 0.2) is 0 Å². The number of anilines is 2. The van der Waals surface area contributed by atoms with Crippen LogP contribution in [0.15, 0.2) is 42.5 Å². The number of aryl methyl sites for hydroxylation is 1. The average molecular weight is 270 g/mol. The third-order valence-electron chi connectivity index (χ3n) is 3.13. The van der Waals surface area contributed by atoms with Crippen molar-refractivity contribution in [2.45, 2.75) is 20.0 Å². The lowest BCUT2D eigenvalue weighted by Gasteiger charge is -2.15. The standard InChI is InChI=1S/C16H18N2O2/c1-10-8-13(15(18)14(17)9-10)16(19)20-11(2)12-6-4-3-5-7-12/h3-9,11H,17-18H2,1-2H3. The lowest BCUT2D eigenvalue weighted by atomic mass is 10.1. The Hall–Kier alpha value is -2.49. The topological polar surface area (TPSA) is 78.3 Å². The van der Waals surface area contributed by atoms with E-state index in [0.29, 0.717) is 11.3 Å². The molecular weight excluding hydrogens is 252 g/mol. The predicted octanol–water partition coefficient (Wildman–Crippen LogP) is 3.08. The van der Waals surface area contributed by atoms with Crippen molar-refractivity contribution in [2.75, 3.05) is 11.5 Å². The molecule has 0 aromatic heterocycles. The largest absolute Gasteiger partial charge is 0.454 e. The van der Waals surface area contributed by atoms with Gasteiger partial charge in [-0.25, -0.2) is 4.79 Å². The lowest BCUT2D eigenvalue weighted by molar-refractivity contribution is 0.0339. The fraction of sp³-hybridized carbons (Fsp3) is 0.188. The van der Waals surface area contributed by atoms with Crippen molar-refractivity contribution in [1.82, 2.24) is 0 Å². The van der Waals surface area contributed by atoms with Crippen LogP contribution >= 0.6 is 0 Å². The first-order valence-corrected chi connectivity index (χ1v) is 6.40. The zero-order valence-corrected chi connectivity index (χ0v) is 11.6. The molecule has 0 saturated carbocycles. The van der Waals surface area contributed by atoms with Crippen LogP contribution in [0.2, 0.25) is 0 Å². The third-order valence-corrected chi connectivity index (χ3v) is 3.13. The molecule has 4 heteroatoms. The van der Waals surface area contributed by atoms with Crippen molar-refractivity contribution in [1.29, 1.82) is 0 Å². The predicted molar refractivity (Wildman–Crippen MR) is 80.3 cm³/mol. The summed E-state index contributed by atoms with van der Waals surface area (Å²) in [5.41, 5.74) is 14.4. The Morgan fingerprint density at radius 1 is 1.15 bits per heavy atom. The Labute approximate surface area is 118 Å². The molecule has 1 unspecified atom stereocenters. The minimum atomic E-state index is -0.464. The molecule has 0 spiro atoms. The Morgan fingerprint density at radius 3 is 2.45 bits per heavy atom. The fourth-order valence-electron chi connectivity index (χ4n) is 2.01. The molecule has 2 aromatic carbocycles. The molecular formula is C16H18N2O2. The fourth-order valence-corrected chi connectivity index (χ4v) is 2.01. The third kappa shape index (κ3) is 2.91. The molecule has 0 amide bonds. The Balaban J connectivity index is 2.21. The molecule has 0 fully saturated rings. The van der Waals surface area contributed by atoms with Crippen LogP contribution in [-0.2, 0) is 4.74 Å². The van der Waals surface area contributed by atoms with Crippen molar-refractivity contribution in [3.05, 3.63) is 59.2 Å². The molecule has 2 rings (SSSR count). The normalized spacial score (nSPS) is 11.9. The Morgan fingerprint density at radius 2 is 1.80 bits per heavy atom. The van der Waals surface area contributed by atoms with Crippen LogP contribution in [0.1, 0.15) is 34.5 Å². The first-order chi connectivity index (χ1) is 9.49. The summed E-state index contributed by atoms with van der Waals surface area (Å²) in [6.45, 7) is 3.68. The number of carbonyl (C=O) groups is 1. The number of hydrogen-bond acceptors (Lipinski definition) is 4. The number of nitrogen functional groups attached to an aromatic ring is 2. The van der Waals surface area contributed by atoms with Gasteiger partial charge in [0, 0.05) is 0 Å². The van der Waals surface area contributed by atoms with Gasteiger partial charge in [0.2, 0.25) is 0 Å². The van der Waals surface area contributed by atoms with Gasteiger partial charge in [-0.1, -0.05) is 30.3 Å². The quantitative estimate of drug-likeness (QED) is 0.663. The molecule has 0 bridgehead atoms. The van der Waals surface area contributed by atoms with E-state index in [-0.39, 0.29) is 11.8 Å². The molecule has 0 heterocycles. The zero-order chi connectivity index (χ0) is 14.7. The van der Waals surface area contributed by atoms with Crippen LogP contribution in [0.5, 0.6) is 0 Å². The number of rotatable bonds is 3. The summed E-state index contributed by atoms with van der Waals surface area (Å²) in [6, 6.07) is 12.9. The molecule has 1 atom stereocenters. The van der Waals surface area contributed by atoms with Crippen LogP contribution in [0.25, 0.3) is 0 Å². The van der Waals surface area contributed by atoms with Crippen molar-refractivity contribution in [2.24, 2.45) is 0 Å². The van der Waals surface area contributed by atoms with Gasteiger partial charge >= 0.3 is 5.97 Å². The minimum absolute atomic E-state index is 0.265. The van der Waals surface area contributed by atoms with E-state index < -0.39 is 5.97 Å². The van der Waals surface area contributed by atoms with Crippen molar-refractivity contribution >= 4 is 17.3 Å². The molecule has 4 N–H and O–H groups in total. The van der Waals surface area contributed by atoms with Gasteiger partial charge in [0.25, 0.3) is 0 Å². The summed E-state index contributed by atoms with van der Waals surface area (Å²) >= 11 is 0. The van der Waals surface area contributed by atoms with Gasteiger partial charge in [-0.2, -0.15) is 0 Å². The van der Waals surface area contributed by atoms with Crippen LogP contribution in [0.3, 0.4) is 0 Å². The number of ether oxygens (including phenoxy) is 1. The zero-order valence-electron chi connectivity index (χ0n) is 11.6. The highest BCUT2D eigenvalue weighted by Gasteiger charge is 2.17. The highest BCUT2D eigenvalue weighted by molar-refractivity contribution is 5.98. The summed E-state index contributed by atoms with van der Waals surface area (Å²) < 4.78 is 5.44. The second-order valence-electron chi connectivity index (χ2n) is 4.77. The summed E-state index contributed by atoms with van der Waals surface area (Å²) in [4.78, 5) is 12.2. The SMILES string of the molecule is Cc1cc(N)c(N)c(C(=O)OC(C)c2ccccc2)c1. The first kappa shape index (κ1) is 13.9. The average Bonchev–Trinajstić information content (AvgIpc) is 2.43. The van der Waals surface area contributed by atoms with Gasteiger partial charge in [-0.15, -0.1) is 0 Å². The van der Waals surface area contributed by atoms with Crippen LogP contribution in [0.4, 0.5) is 11.4 Å². The second kappa shape index (κ2) is 5.65. The summed E-state index contributed by atoms with van der Waals surface area (Å²) in [6.07, 6.45) is -0.343. The van der Waals surface area contributed by atoms with Crippen LogP contribution in [0, 0.1) is 6.92 Å². The Bertz CT molecular complexity index is 624. The number of benzene rings is 2. The maximum absolute atomic E-state index is 12.2. The molecule has 0 aliphatic heterocycles. The van der Waals surface area contributed by atoms with E-state index in [1.165, 1.54) is 0 Å². The van der Waals surface area contributed by atoms with E-state index in [4.69, 9.17) is 16.2 Å². The summed E-state index contributed by atoms with van der Waals surface area (Å²) in [5, 5.41) is 0. The highest BCUT2D eigenvalue weighted by Crippen LogP contribution is 2.25. The van der Waals surface area contributed by atoms with E-state index >= 15 is 0 Å². The van der Waals surface area contributed by atoms with Gasteiger partial charge in [0.1, 0.15) is 6.10 Å². The monoisotopic (exact) mass is 270 g/mol. The van der Waals surface area contributed by atoms with E-state index in [1.807, 2.05) is 44.2 Å². The van der Waals surface area contributed by atoms with Gasteiger partial charge in [-0.05, 0) is 37.1 Å². The van der Waals surface area contributed by atoms with E-state index in [0.717, 1.165) is 11.1 Å². The van der Waals surface area contributed by atoms with Crippen molar-refractivity contribution < 1.29 is 9.53 Å². The van der Waals surface area contributed by atoms with Gasteiger partial charge in [-0.3, -0.25) is 0 Å². The summed E-state index contributed by atoms with van der Waals surface area (Å²) in [7, 11) is 0. The van der Waals surface area contributed by atoms with Gasteiger partial charge in [0.05, 0.1) is 16.9 Å². The minimum Gasteiger partial charge on any atom is -0.454 e. The van der Waals surface area contributed by atoms with Crippen molar-refractivity contribution in [3.8, 4) is 0 Å². The highest BCUT2D eigenvalue weighted by atomic mass is 16.5. The lowest BCUT2D eigenvalue weighted by Crippen LogP contribution is -2.12. The molecule has 0 saturated heterocycles. The molecule has 0 aliphatic rings. The molecule has 0 aliphatic carbocycles. The number of carbonyl (C=O) groups excluding carboxylic acids is 1. The van der Waals surface area contributed by atoms with Crippen LogP contribution in [-0.4, -0.2) is 5.97 Å². The smallest absolute Gasteiger partial charge is 0.340 e. The van der Waals surface area contributed by atoms with Crippen molar-refractivity contribution in [3.63, 3.8) is 0 Å². The van der Waals surface area contributed by atoms with E-state index in [1.54, 1.807) is 12.1 Å². The summed E-state index contributed by atoms with van der Waals surface area (Å²) in [5.74, 6) is -0.464. The maximum atomic E-state index is 12.2. The number of esters is 1. The van der Waals surface area contributed by atoms with Crippen LogP contribution < -0.4 is 11.5 Å². The molecule has 20 heavy (non-hydrogen) atoms. The van der Waals surface area contributed by atoms with Gasteiger partial charge < -0.3 is 16.2 Å². The molecule has 104 valence electrons. The first-order valence-electron chi connectivity index (χ1n) is 6.40. The molecule has 2 aromatic rings. The van der Waals surface area contributed by atoms with E-state index in [9.17, 15) is 4.79 Å². The second-order valence-corrected chi connectivity index (χ2v) is 4.77. The maximum Gasteiger partial charge on any atom is 0.340 e. The number of hydrogen-bond donors (Lipinski definition) is 2. The van der Waals surface area contributed by atoms with E-state index in [2.05, 4.69) is 0 Å².